The zero-order valence-corrected chi connectivity index (χ0v) is 12.8. The third-order valence-electron chi connectivity index (χ3n) is 4.46. The number of rotatable bonds is 2. The van der Waals surface area contributed by atoms with Gasteiger partial charge in [-0.25, -0.2) is 0 Å². The number of amides is 1. The van der Waals surface area contributed by atoms with Gasteiger partial charge >= 0.3 is 0 Å². The average molecular weight is 315 g/mol. The van der Waals surface area contributed by atoms with Gasteiger partial charge in [-0.05, 0) is 30.7 Å². The van der Waals surface area contributed by atoms with Gasteiger partial charge in [0.25, 0.3) is 0 Å². The van der Waals surface area contributed by atoms with Gasteiger partial charge < -0.3 is 10.4 Å². The first kappa shape index (κ1) is 14.3. The Bertz CT molecular complexity index is 507. The van der Waals surface area contributed by atoms with Gasteiger partial charge in [0.05, 0.1) is 16.5 Å². The molecule has 2 atom stereocenters. The molecule has 6 heteroatoms. The van der Waals surface area contributed by atoms with Crippen molar-refractivity contribution in [1.82, 2.24) is 10.2 Å². The lowest BCUT2D eigenvalue weighted by Crippen LogP contribution is -2.61. The lowest BCUT2D eigenvalue weighted by atomic mass is 9.71. The zero-order valence-electron chi connectivity index (χ0n) is 11.3. The van der Waals surface area contributed by atoms with Crippen molar-refractivity contribution in [3.05, 3.63) is 21.3 Å². The van der Waals surface area contributed by atoms with Gasteiger partial charge in [-0.2, -0.15) is 0 Å². The van der Waals surface area contributed by atoms with Gasteiger partial charge in [-0.3, -0.25) is 9.69 Å². The first-order valence-corrected chi connectivity index (χ1v) is 8.28. The predicted molar refractivity (Wildman–Crippen MR) is 79.9 cm³/mol. The van der Waals surface area contributed by atoms with Crippen LogP contribution in [0.3, 0.4) is 0 Å². The highest BCUT2D eigenvalue weighted by molar-refractivity contribution is 7.10. The molecule has 0 aliphatic carbocycles. The van der Waals surface area contributed by atoms with E-state index in [9.17, 15) is 9.90 Å². The summed E-state index contributed by atoms with van der Waals surface area (Å²) >= 11 is 7.79. The SMILES string of the molecule is O=C1NCCC[C@]12CN(Cc1sccc1Cl)CC[C@@H]2O. The maximum atomic E-state index is 12.3. The van der Waals surface area contributed by atoms with Crippen molar-refractivity contribution >= 4 is 28.8 Å². The molecule has 0 bridgehead atoms. The van der Waals surface area contributed by atoms with E-state index in [2.05, 4.69) is 10.2 Å². The fourth-order valence-electron chi connectivity index (χ4n) is 3.30. The van der Waals surface area contributed by atoms with Crippen LogP contribution in [0, 0.1) is 5.41 Å². The van der Waals surface area contributed by atoms with Crippen LogP contribution in [-0.2, 0) is 11.3 Å². The molecule has 3 rings (SSSR count). The molecule has 0 radical (unpaired) electrons. The standard InChI is InChI=1S/C14H19ClN2O2S/c15-10-3-7-20-11(10)8-17-6-2-12(18)14(9-17)4-1-5-16-13(14)19/h3,7,12,18H,1-2,4-6,8-9H2,(H,16,19)/t12-,14+/m0/s1. The molecule has 4 nitrogen and oxygen atoms in total. The van der Waals surface area contributed by atoms with Gasteiger partial charge in [0.2, 0.25) is 5.91 Å². The van der Waals surface area contributed by atoms with Crippen molar-refractivity contribution in [3.8, 4) is 0 Å². The first-order chi connectivity index (χ1) is 9.62. The Hall–Kier alpha value is -0.620. The van der Waals surface area contributed by atoms with E-state index in [4.69, 9.17) is 11.6 Å². The molecule has 2 fully saturated rings. The van der Waals surface area contributed by atoms with Gasteiger partial charge in [0, 0.05) is 31.1 Å². The van der Waals surface area contributed by atoms with E-state index in [1.807, 2.05) is 11.4 Å². The summed E-state index contributed by atoms with van der Waals surface area (Å²) in [4.78, 5) is 15.7. The Labute approximate surface area is 127 Å². The summed E-state index contributed by atoms with van der Waals surface area (Å²) < 4.78 is 0. The molecule has 1 aromatic rings. The quantitative estimate of drug-likeness (QED) is 0.876. The molecule has 2 N–H and O–H groups in total. The molecule has 2 saturated heterocycles. The fourth-order valence-corrected chi connectivity index (χ4v) is 4.44. The normalized spacial score (nSPS) is 31.5. The van der Waals surface area contributed by atoms with Crippen molar-refractivity contribution in [3.63, 3.8) is 0 Å². The minimum absolute atomic E-state index is 0.0122. The number of likely N-dealkylation sites (tertiary alicyclic amines) is 1. The second-order valence-electron chi connectivity index (χ2n) is 5.72. The van der Waals surface area contributed by atoms with Crippen LogP contribution in [0.1, 0.15) is 24.1 Å². The van der Waals surface area contributed by atoms with E-state index < -0.39 is 11.5 Å². The van der Waals surface area contributed by atoms with Crippen molar-refractivity contribution < 1.29 is 9.90 Å². The first-order valence-electron chi connectivity index (χ1n) is 7.02. The van der Waals surface area contributed by atoms with Crippen LogP contribution in [0.2, 0.25) is 5.02 Å². The third-order valence-corrected chi connectivity index (χ3v) is 5.83. The summed E-state index contributed by atoms with van der Waals surface area (Å²) in [6.45, 7) is 2.92. The molecule has 0 saturated carbocycles. The Kier molecular flexibility index (Phi) is 4.04. The topological polar surface area (TPSA) is 52.6 Å². The Morgan fingerprint density at radius 3 is 3.15 bits per heavy atom. The van der Waals surface area contributed by atoms with Crippen LogP contribution < -0.4 is 5.32 Å². The molecular weight excluding hydrogens is 296 g/mol. The summed E-state index contributed by atoms with van der Waals surface area (Å²) in [5.74, 6) is 0.0122. The Morgan fingerprint density at radius 1 is 1.60 bits per heavy atom. The molecule has 3 heterocycles. The molecule has 20 heavy (non-hydrogen) atoms. The number of carbonyl (C=O) groups is 1. The number of thiophene rings is 1. The molecule has 0 aromatic carbocycles. The highest BCUT2D eigenvalue weighted by atomic mass is 35.5. The number of halogens is 1. The molecule has 1 amide bonds. The molecule has 2 aliphatic heterocycles. The number of aliphatic hydroxyl groups excluding tert-OH is 1. The highest BCUT2D eigenvalue weighted by Gasteiger charge is 2.49. The number of hydrogen-bond acceptors (Lipinski definition) is 4. The zero-order chi connectivity index (χ0) is 14.2. The lowest BCUT2D eigenvalue weighted by molar-refractivity contribution is -0.149. The third kappa shape index (κ3) is 2.48. The van der Waals surface area contributed by atoms with Crippen LogP contribution in [0.5, 0.6) is 0 Å². The second kappa shape index (κ2) is 5.64. The molecule has 1 spiro atoms. The summed E-state index contributed by atoms with van der Waals surface area (Å²) in [6, 6.07) is 1.91. The number of carbonyl (C=O) groups excluding carboxylic acids is 1. The van der Waals surface area contributed by atoms with Gasteiger partial charge in [0.1, 0.15) is 0 Å². The van der Waals surface area contributed by atoms with Crippen LogP contribution in [0.15, 0.2) is 11.4 Å². The van der Waals surface area contributed by atoms with E-state index in [1.54, 1.807) is 11.3 Å². The summed E-state index contributed by atoms with van der Waals surface area (Å²) in [7, 11) is 0. The average Bonchev–Trinajstić information content (AvgIpc) is 2.83. The predicted octanol–water partition coefficient (Wildman–Crippen LogP) is 1.86. The number of nitrogens with zero attached hydrogens (tertiary/aromatic N) is 1. The van der Waals surface area contributed by atoms with E-state index in [1.165, 1.54) is 0 Å². The summed E-state index contributed by atoms with van der Waals surface area (Å²) in [5.41, 5.74) is -0.625. The second-order valence-corrected chi connectivity index (χ2v) is 7.13. The van der Waals surface area contributed by atoms with E-state index in [-0.39, 0.29) is 5.91 Å². The summed E-state index contributed by atoms with van der Waals surface area (Å²) in [6.07, 6.45) is 1.83. The van der Waals surface area contributed by atoms with E-state index in [0.717, 1.165) is 42.4 Å². The van der Waals surface area contributed by atoms with Crippen molar-refractivity contribution in [2.45, 2.75) is 31.9 Å². The van der Waals surface area contributed by atoms with E-state index >= 15 is 0 Å². The van der Waals surface area contributed by atoms with Crippen LogP contribution in [0.25, 0.3) is 0 Å². The highest BCUT2D eigenvalue weighted by Crippen LogP contribution is 2.38. The maximum absolute atomic E-state index is 12.3. The number of nitrogens with one attached hydrogen (secondary N) is 1. The minimum atomic E-state index is -0.625. The number of hydrogen-bond donors (Lipinski definition) is 2. The fraction of sp³-hybridized carbons (Fsp3) is 0.643. The van der Waals surface area contributed by atoms with Crippen molar-refractivity contribution in [2.75, 3.05) is 19.6 Å². The molecule has 0 unspecified atom stereocenters. The monoisotopic (exact) mass is 314 g/mol. The molecule has 110 valence electrons. The van der Waals surface area contributed by atoms with Crippen LogP contribution >= 0.6 is 22.9 Å². The molecule has 1 aromatic heterocycles. The van der Waals surface area contributed by atoms with Crippen molar-refractivity contribution in [1.29, 1.82) is 0 Å². The van der Waals surface area contributed by atoms with E-state index in [0.29, 0.717) is 13.0 Å². The largest absolute Gasteiger partial charge is 0.392 e. The molecular formula is C14H19ClN2O2S. The Balaban J connectivity index is 1.76. The molecule has 2 aliphatic rings. The number of piperidine rings is 2. The maximum Gasteiger partial charge on any atom is 0.230 e. The van der Waals surface area contributed by atoms with Gasteiger partial charge in [0.15, 0.2) is 0 Å². The van der Waals surface area contributed by atoms with Crippen molar-refractivity contribution in [2.24, 2.45) is 5.41 Å². The van der Waals surface area contributed by atoms with Crippen LogP contribution in [-0.4, -0.2) is 41.7 Å². The minimum Gasteiger partial charge on any atom is -0.392 e. The number of aliphatic hydroxyl groups is 1. The Morgan fingerprint density at radius 2 is 2.45 bits per heavy atom. The van der Waals surface area contributed by atoms with Gasteiger partial charge in [-0.1, -0.05) is 11.6 Å². The summed E-state index contributed by atoms with van der Waals surface area (Å²) in [5, 5.41) is 16.0. The lowest BCUT2D eigenvalue weighted by Gasteiger charge is -2.46. The van der Waals surface area contributed by atoms with Gasteiger partial charge in [-0.15, -0.1) is 11.3 Å². The smallest absolute Gasteiger partial charge is 0.230 e. The van der Waals surface area contributed by atoms with Crippen LogP contribution in [0.4, 0.5) is 0 Å².